The van der Waals surface area contributed by atoms with Crippen LogP contribution in [0.4, 0.5) is 5.69 Å². The van der Waals surface area contributed by atoms with Crippen LogP contribution in [0.5, 0.6) is 0 Å². The van der Waals surface area contributed by atoms with Crippen LogP contribution in [0.1, 0.15) is 21.5 Å². The number of carbonyl (C=O) groups excluding carboxylic acids is 2. The van der Waals surface area contributed by atoms with Crippen molar-refractivity contribution >= 4 is 29.3 Å². The Labute approximate surface area is 152 Å². The lowest BCUT2D eigenvalue weighted by Gasteiger charge is -2.10. The van der Waals surface area contributed by atoms with Crippen LogP contribution in [0.3, 0.4) is 0 Å². The van der Waals surface area contributed by atoms with E-state index in [1.807, 2.05) is 25.1 Å². The van der Waals surface area contributed by atoms with Crippen LogP contribution in [0.15, 0.2) is 48.5 Å². The van der Waals surface area contributed by atoms with Gasteiger partial charge in [-0.05, 0) is 24.6 Å². The van der Waals surface area contributed by atoms with Gasteiger partial charge in [0.15, 0.2) is 0 Å². The topological polar surface area (TPSA) is 58.2 Å². The summed E-state index contributed by atoms with van der Waals surface area (Å²) in [5.41, 5.74) is 3.27. The normalized spacial score (nSPS) is 9.92. The van der Waals surface area contributed by atoms with Crippen LogP contribution in [-0.2, 0) is 10.5 Å². The fourth-order valence-electron chi connectivity index (χ4n) is 2.27. The molecule has 2 rings (SSSR count). The third-order valence-corrected chi connectivity index (χ3v) is 4.38. The lowest BCUT2D eigenvalue weighted by atomic mass is 10.1. The summed E-state index contributed by atoms with van der Waals surface area (Å²) in [7, 11) is 0. The maximum atomic E-state index is 12.2. The summed E-state index contributed by atoms with van der Waals surface area (Å²) in [6, 6.07) is 15.1. The molecule has 0 atom stereocenters. The molecule has 128 valence electrons. The maximum absolute atomic E-state index is 12.2. The quantitative estimate of drug-likeness (QED) is 0.752. The smallest absolute Gasteiger partial charge is 0.254 e. The number of amides is 2. The minimum atomic E-state index is -0.304. The number of hydrogen-bond acceptors (Lipinski definition) is 3. The Hall–Kier alpha value is -2.71. The van der Waals surface area contributed by atoms with Gasteiger partial charge in [0.1, 0.15) is 0 Å². The van der Waals surface area contributed by atoms with Crippen molar-refractivity contribution in [3.8, 4) is 12.3 Å². The Morgan fingerprint density at radius 2 is 1.96 bits per heavy atom. The molecule has 5 heteroatoms. The van der Waals surface area contributed by atoms with E-state index in [4.69, 9.17) is 6.42 Å². The summed E-state index contributed by atoms with van der Waals surface area (Å²) in [6.07, 6.45) is 5.15. The zero-order chi connectivity index (χ0) is 18.1. The van der Waals surface area contributed by atoms with Gasteiger partial charge in [-0.1, -0.05) is 47.9 Å². The van der Waals surface area contributed by atoms with Gasteiger partial charge in [-0.3, -0.25) is 9.59 Å². The number of aryl methyl sites for hydroxylation is 1. The molecule has 2 aromatic rings. The van der Waals surface area contributed by atoms with E-state index < -0.39 is 0 Å². The number of rotatable bonds is 7. The average molecular weight is 352 g/mol. The predicted molar refractivity (Wildman–Crippen MR) is 104 cm³/mol. The first-order valence-corrected chi connectivity index (χ1v) is 8.99. The van der Waals surface area contributed by atoms with Crippen LogP contribution < -0.4 is 10.6 Å². The first kappa shape index (κ1) is 18.6. The molecule has 0 aliphatic carbocycles. The number of anilines is 1. The maximum Gasteiger partial charge on any atom is 0.254 e. The summed E-state index contributed by atoms with van der Waals surface area (Å²) in [4.78, 5) is 24.2. The molecule has 0 saturated heterocycles. The molecular weight excluding hydrogens is 332 g/mol. The number of benzene rings is 2. The highest BCUT2D eigenvalue weighted by Gasteiger charge is 2.12. The number of terminal acetylenes is 1. The SMILES string of the molecule is C#CCNC(=O)c1ccccc1NC(=O)CSCc1cccc(C)c1. The zero-order valence-corrected chi connectivity index (χ0v) is 14.9. The molecule has 0 aliphatic rings. The second kappa shape index (κ2) is 9.55. The van der Waals surface area contributed by atoms with Crippen molar-refractivity contribution in [2.75, 3.05) is 17.6 Å². The van der Waals surface area contributed by atoms with Gasteiger partial charge >= 0.3 is 0 Å². The molecule has 2 aromatic carbocycles. The summed E-state index contributed by atoms with van der Waals surface area (Å²) in [5.74, 6) is 2.98. The van der Waals surface area contributed by atoms with E-state index in [9.17, 15) is 9.59 Å². The van der Waals surface area contributed by atoms with Gasteiger partial charge in [0.05, 0.1) is 23.5 Å². The van der Waals surface area contributed by atoms with Crippen LogP contribution in [-0.4, -0.2) is 24.1 Å². The van der Waals surface area contributed by atoms with Crippen molar-refractivity contribution in [3.05, 3.63) is 65.2 Å². The molecular formula is C20H20N2O2S. The van der Waals surface area contributed by atoms with Gasteiger partial charge in [-0.2, -0.15) is 0 Å². The van der Waals surface area contributed by atoms with Crippen LogP contribution in [0.2, 0.25) is 0 Å². The van der Waals surface area contributed by atoms with Crippen molar-refractivity contribution in [3.63, 3.8) is 0 Å². The Kier molecular flexibility index (Phi) is 7.12. The van der Waals surface area contributed by atoms with Gasteiger partial charge in [-0.25, -0.2) is 0 Å². The Morgan fingerprint density at radius 3 is 2.72 bits per heavy atom. The molecule has 0 heterocycles. The minimum absolute atomic E-state index is 0.144. The van der Waals surface area contributed by atoms with Crippen molar-refractivity contribution < 1.29 is 9.59 Å². The molecule has 0 radical (unpaired) electrons. The van der Waals surface area contributed by atoms with Crippen LogP contribution >= 0.6 is 11.8 Å². The van der Waals surface area contributed by atoms with E-state index in [0.29, 0.717) is 17.0 Å². The monoisotopic (exact) mass is 352 g/mol. The van der Waals surface area contributed by atoms with Gasteiger partial charge in [0.25, 0.3) is 5.91 Å². The summed E-state index contributed by atoms with van der Waals surface area (Å²) in [5, 5.41) is 5.39. The summed E-state index contributed by atoms with van der Waals surface area (Å²) >= 11 is 1.53. The Bertz CT molecular complexity index is 796. The fourth-order valence-corrected chi connectivity index (χ4v) is 3.04. The molecule has 0 unspecified atom stereocenters. The molecule has 0 bridgehead atoms. The molecule has 0 saturated carbocycles. The zero-order valence-electron chi connectivity index (χ0n) is 14.0. The molecule has 0 aliphatic heterocycles. The average Bonchev–Trinajstić information content (AvgIpc) is 2.60. The number of thioether (sulfide) groups is 1. The largest absolute Gasteiger partial charge is 0.341 e. The van der Waals surface area contributed by atoms with Crippen LogP contribution in [0.25, 0.3) is 0 Å². The van der Waals surface area contributed by atoms with E-state index in [0.717, 1.165) is 5.75 Å². The van der Waals surface area contributed by atoms with Gasteiger partial charge in [-0.15, -0.1) is 18.2 Å². The lowest BCUT2D eigenvalue weighted by Crippen LogP contribution is -2.25. The number of carbonyl (C=O) groups is 2. The molecule has 25 heavy (non-hydrogen) atoms. The third-order valence-electron chi connectivity index (χ3n) is 3.38. The van der Waals surface area contributed by atoms with E-state index in [-0.39, 0.29) is 18.4 Å². The second-order valence-corrected chi connectivity index (χ2v) is 6.45. The van der Waals surface area contributed by atoms with E-state index in [2.05, 4.69) is 22.6 Å². The Morgan fingerprint density at radius 1 is 1.16 bits per heavy atom. The van der Waals surface area contributed by atoms with Crippen molar-refractivity contribution in [2.45, 2.75) is 12.7 Å². The van der Waals surface area contributed by atoms with Crippen molar-refractivity contribution in [2.24, 2.45) is 0 Å². The first-order chi connectivity index (χ1) is 12.1. The summed E-state index contributed by atoms with van der Waals surface area (Å²) in [6.45, 7) is 2.19. The fraction of sp³-hybridized carbons (Fsp3) is 0.200. The highest BCUT2D eigenvalue weighted by atomic mass is 32.2. The van der Waals surface area contributed by atoms with Crippen molar-refractivity contribution in [1.29, 1.82) is 0 Å². The number of para-hydroxylation sites is 1. The third kappa shape index (κ3) is 6.02. The molecule has 0 spiro atoms. The first-order valence-electron chi connectivity index (χ1n) is 7.84. The van der Waals surface area contributed by atoms with E-state index >= 15 is 0 Å². The Balaban J connectivity index is 1.90. The highest BCUT2D eigenvalue weighted by Crippen LogP contribution is 2.17. The van der Waals surface area contributed by atoms with Crippen molar-refractivity contribution in [1.82, 2.24) is 5.32 Å². The van der Waals surface area contributed by atoms with Gasteiger partial charge < -0.3 is 10.6 Å². The number of nitrogens with one attached hydrogen (secondary N) is 2. The number of hydrogen-bond donors (Lipinski definition) is 2. The van der Waals surface area contributed by atoms with Crippen LogP contribution in [0, 0.1) is 19.3 Å². The molecule has 2 amide bonds. The van der Waals surface area contributed by atoms with Gasteiger partial charge in [0.2, 0.25) is 5.91 Å². The standard InChI is InChI=1S/C20H20N2O2S/c1-3-11-21-20(24)17-9-4-5-10-18(17)22-19(23)14-25-13-16-8-6-7-15(2)12-16/h1,4-10,12H,11,13-14H2,2H3,(H,21,24)(H,22,23). The molecule has 0 aromatic heterocycles. The van der Waals surface area contributed by atoms with E-state index in [1.54, 1.807) is 24.3 Å². The predicted octanol–water partition coefficient (Wildman–Crippen LogP) is 3.23. The van der Waals surface area contributed by atoms with Gasteiger partial charge in [0, 0.05) is 5.75 Å². The molecule has 4 nitrogen and oxygen atoms in total. The highest BCUT2D eigenvalue weighted by molar-refractivity contribution is 7.99. The lowest BCUT2D eigenvalue weighted by molar-refractivity contribution is -0.113. The minimum Gasteiger partial charge on any atom is -0.341 e. The molecule has 2 N–H and O–H groups in total. The van der Waals surface area contributed by atoms with E-state index in [1.165, 1.54) is 22.9 Å². The molecule has 0 fully saturated rings. The summed E-state index contributed by atoms with van der Waals surface area (Å²) < 4.78 is 0. The second-order valence-electron chi connectivity index (χ2n) is 5.46.